The van der Waals surface area contributed by atoms with E-state index in [1.54, 1.807) is 18.2 Å². The van der Waals surface area contributed by atoms with E-state index in [-0.39, 0.29) is 12.6 Å². The molecular weight excluding hydrogens is 432 g/mol. The molecule has 2 aliphatic heterocycles. The van der Waals surface area contributed by atoms with Gasteiger partial charge in [-0.05, 0) is 25.0 Å². The average molecular weight is 458 g/mol. The van der Waals surface area contributed by atoms with Crippen LogP contribution in [0.2, 0.25) is 0 Å². The van der Waals surface area contributed by atoms with Crippen LogP contribution in [0, 0.1) is 28.6 Å². The number of carbonyl (C=O) groups excluding carboxylic acids is 4. The minimum absolute atomic E-state index is 0.143. The summed E-state index contributed by atoms with van der Waals surface area (Å²) in [5.41, 5.74) is -1.16. The molecule has 0 radical (unpaired) electrons. The predicted molar refractivity (Wildman–Crippen MR) is 109 cm³/mol. The van der Waals surface area contributed by atoms with Gasteiger partial charge in [-0.3, -0.25) is 19.2 Å². The maximum Gasteiger partial charge on any atom is 0.313 e. The number of carbonyl (C=O) groups is 4. The molecule has 3 fully saturated rings. The number of hydrogen-bond donors (Lipinski definition) is 0. The van der Waals surface area contributed by atoms with Gasteiger partial charge in [0, 0.05) is 36.2 Å². The standard InChI is InChI=1S/C24H26O9/c1-12(25)31-17-5-4-16-21(27)30-11-24(16)8-6-15-22(28)33-18(14-7-9-29-10-14)20(32-13(2)26)23(15,3)19(17)24/h4-5,7,9-10,15-20H,6,8,11H2,1-3H3/t15-,16+,17-,18+,19-,20+,23+,24-/m1/s1. The van der Waals surface area contributed by atoms with E-state index in [9.17, 15) is 19.2 Å². The lowest BCUT2D eigenvalue weighted by Gasteiger charge is -2.62. The number of hydrogen-bond acceptors (Lipinski definition) is 9. The van der Waals surface area contributed by atoms with Crippen LogP contribution < -0.4 is 0 Å². The topological polar surface area (TPSA) is 118 Å². The maximum absolute atomic E-state index is 13.3. The largest absolute Gasteiger partial charge is 0.472 e. The van der Waals surface area contributed by atoms with Gasteiger partial charge in [0.15, 0.2) is 6.10 Å². The molecular formula is C24H26O9. The molecule has 0 bridgehead atoms. The van der Waals surface area contributed by atoms with Crippen LogP contribution in [0.1, 0.15) is 45.3 Å². The molecule has 2 aliphatic carbocycles. The minimum Gasteiger partial charge on any atom is -0.472 e. The molecule has 1 aromatic heterocycles. The first-order chi connectivity index (χ1) is 15.7. The zero-order chi connectivity index (χ0) is 23.5. The van der Waals surface area contributed by atoms with Crippen molar-refractivity contribution in [3.8, 4) is 0 Å². The van der Waals surface area contributed by atoms with Gasteiger partial charge in [-0.1, -0.05) is 13.0 Å². The Kier molecular flexibility index (Phi) is 4.91. The summed E-state index contributed by atoms with van der Waals surface area (Å²) in [6.07, 6.45) is 4.77. The molecule has 4 aliphatic rings. The third-order valence-corrected chi connectivity index (χ3v) is 8.00. The van der Waals surface area contributed by atoms with Crippen molar-refractivity contribution in [1.82, 2.24) is 0 Å². The number of furan rings is 1. The second-order valence-electron chi connectivity index (χ2n) is 9.66. The van der Waals surface area contributed by atoms with Crippen molar-refractivity contribution in [3.63, 3.8) is 0 Å². The fourth-order valence-corrected chi connectivity index (χ4v) is 6.82. The normalized spacial score (nSPS) is 41.2. The summed E-state index contributed by atoms with van der Waals surface area (Å²) in [6.45, 7) is 4.64. The Bertz CT molecular complexity index is 1030. The van der Waals surface area contributed by atoms with E-state index in [1.165, 1.54) is 26.4 Å². The number of cyclic esters (lactones) is 2. The highest BCUT2D eigenvalue weighted by Gasteiger charge is 2.72. The summed E-state index contributed by atoms with van der Waals surface area (Å²) in [7, 11) is 0. The monoisotopic (exact) mass is 458 g/mol. The molecule has 0 amide bonds. The fraction of sp³-hybridized carbons (Fsp3) is 0.583. The maximum atomic E-state index is 13.3. The van der Waals surface area contributed by atoms with Gasteiger partial charge in [0.05, 0.1) is 31.0 Å². The fourth-order valence-electron chi connectivity index (χ4n) is 6.82. The highest BCUT2D eigenvalue weighted by atomic mass is 16.6. The smallest absolute Gasteiger partial charge is 0.313 e. The van der Waals surface area contributed by atoms with Gasteiger partial charge in [0.25, 0.3) is 0 Å². The van der Waals surface area contributed by atoms with Gasteiger partial charge in [-0.25, -0.2) is 0 Å². The van der Waals surface area contributed by atoms with Crippen molar-refractivity contribution >= 4 is 23.9 Å². The number of esters is 4. The summed E-state index contributed by atoms with van der Waals surface area (Å²) in [6, 6.07) is 1.66. The van der Waals surface area contributed by atoms with Gasteiger partial charge >= 0.3 is 23.9 Å². The minimum atomic E-state index is -1.02. The Labute approximate surface area is 190 Å². The third-order valence-electron chi connectivity index (χ3n) is 8.00. The van der Waals surface area contributed by atoms with E-state index >= 15 is 0 Å². The third kappa shape index (κ3) is 3.04. The van der Waals surface area contributed by atoms with Crippen LogP contribution in [-0.4, -0.2) is 42.7 Å². The second kappa shape index (κ2) is 7.46. The van der Waals surface area contributed by atoms with Gasteiger partial charge in [0.1, 0.15) is 12.2 Å². The van der Waals surface area contributed by atoms with Gasteiger partial charge in [0.2, 0.25) is 0 Å². The first kappa shape index (κ1) is 21.7. The van der Waals surface area contributed by atoms with Gasteiger partial charge in [-0.15, -0.1) is 0 Å². The van der Waals surface area contributed by atoms with Crippen LogP contribution in [0.5, 0.6) is 0 Å². The zero-order valence-electron chi connectivity index (χ0n) is 18.6. The van der Waals surface area contributed by atoms with Crippen molar-refractivity contribution in [2.24, 2.45) is 28.6 Å². The molecule has 8 atom stereocenters. The Morgan fingerprint density at radius 1 is 1.09 bits per heavy atom. The molecule has 0 aromatic carbocycles. The Hall–Kier alpha value is -3.10. The number of rotatable bonds is 3. The Morgan fingerprint density at radius 2 is 1.85 bits per heavy atom. The molecule has 9 heteroatoms. The van der Waals surface area contributed by atoms with Crippen LogP contribution in [0.3, 0.4) is 0 Å². The summed E-state index contributed by atoms with van der Waals surface area (Å²) < 4.78 is 28.1. The molecule has 0 N–H and O–H groups in total. The SMILES string of the molecule is CC(=O)O[C@@H]1C=C[C@H]2C(=O)OC[C@]23CC[C@@H]2C(=O)O[C@@H](c4ccoc4)[C@H](OC(C)=O)[C@]2(C)[C@@H]13. The first-order valence-corrected chi connectivity index (χ1v) is 11.1. The van der Waals surface area contributed by atoms with Crippen molar-refractivity contribution in [3.05, 3.63) is 36.3 Å². The lowest BCUT2D eigenvalue weighted by Crippen LogP contribution is -2.67. The first-order valence-electron chi connectivity index (χ1n) is 11.1. The van der Waals surface area contributed by atoms with Crippen LogP contribution in [0.4, 0.5) is 0 Å². The van der Waals surface area contributed by atoms with Crippen LogP contribution >= 0.6 is 0 Å². The second-order valence-corrected chi connectivity index (χ2v) is 9.66. The molecule has 9 nitrogen and oxygen atoms in total. The Morgan fingerprint density at radius 3 is 2.52 bits per heavy atom. The van der Waals surface area contributed by atoms with E-state index in [0.29, 0.717) is 18.4 Å². The molecule has 5 rings (SSSR count). The van der Waals surface area contributed by atoms with Gasteiger partial charge < -0.3 is 23.4 Å². The van der Waals surface area contributed by atoms with Crippen molar-refractivity contribution in [2.45, 2.75) is 51.9 Å². The van der Waals surface area contributed by atoms with Crippen LogP contribution in [0.25, 0.3) is 0 Å². The molecule has 1 saturated carbocycles. The van der Waals surface area contributed by atoms with Gasteiger partial charge in [-0.2, -0.15) is 0 Å². The van der Waals surface area contributed by atoms with E-state index in [2.05, 4.69) is 0 Å². The number of ether oxygens (including phenoxy) is 4. The molecule has 3 heterocycles. The van der Waals surface area contributed by atoms with Crippen molar-refractivity contribution in [1.29, 1.82) is 0 Å². The lowest BCUT2D eigenvalue weighted by atomic mass is 9.43. The highest BCUT2D eigenvalue weighted by Crippen LogP contribution is 2.67. The molecule has 1 aromatic rings. The molecule has 176 valence electrons. The van der Waals surface area contributed by atoms with E-state index in [1.807, 2.05) is 6.92 Å². The van der Waals surface area contributed by atoms with Crippen molar-refractivity contribution in [2.75, 3.05) is 6.61 Å². The summed E-state index contributed by atoms with van der Waals surface area (Å²) >= 11 is 0. The van der Waals surface area contributed by atoms with Crippen LogP contribution in [-0.2, 0) is 38.1 Å². The lowest BCUT2D eigenvalue weighted by molar-refractivity contribution is -0.251. The predicted octanol–water partition coefficient (Wildman–Crippen LogP) is 2.50. The summed E-state index contributed by atoms with van der Waals surface area (Å²) in [4.78, 5) is 50.3. The Balaban J connectivity index is 1.70. The molecule has 0 unspecified atom stereocenters. The molecule has 1 spiro atoms. The quantitative estimate of drug-likeness (QED) is 0.382. The molecule has 33 heavy (non-hydrogen) atoms. The zero-order valence-corrected chi connectivity index (χ0v) is 18.6. The number of fused-ring (bicyclic) bond motifs is 2. The highest BCUT2D eigenvalue weighted by molar-refractivity contribution is 5.80. The summed E-state index contributed by atoms with van der Waals surface area (Å²) in [5, 5.41) is 0. The van der Waals surface area contributed by atoms with Crippen LogP contribution in [0.15, 0.2) is 35.2 Å². The average Bonchev–Trinajstić information content (AvgIpc) is 3.38. The van der Waals surface area contributed by atoms with E-state index in [4.69, 9.17) is 23.4 Å². The van der Waals surface area contributed by atoms with Crippen molar-refractivity contribution < 1.29 is 42.5 Å². The van der Waals surface area contributed by atoms with E-state index in [0.717, 1.165) is 0 Å². The van der Waals surface area contributed by atoms with E-state index < -0.39 is 64.8 Å². The summed E-state index contributed by atoms with van der Waals surface area (Å²) in [5.74, 6) is -3.45. The molecule has 2 saturated heterocycles.